The third-order valence-corrected chi connectivity index (χ3v) is 3.76. The molecule has 2 aromatic heterocycles. The number of carbonyl (C=O) groups is 2. The Balaban J connectivity index is 2.22. The molecule has 25 heavy (non-hydrogen) atoms. The van der Waals surface area contributed by atoms with Gasteiger partial charge < -0.3 is 20.4 Å². The Hall–Kier alpha value is -3.05. The largest absolute Gasteiger partial charge is 0.409 e. The minimum absolute atomic E-state index is 0.0451. The van der Waals surface area contributed by atoms with Gasteiger partial charge in [-0.2, -0.15) is 13.2 Å². The van der Waals surface area contributed by atoms with Crippen LogP contribution in [0.15, 0.2) is 10.9 Å². The van der Waals surface area contributed by atoms with Gasteiger partial charge in [0.25, 0.3) is 11.8 Å². The second kappa shape index (κ2) is 5.50. The summed E-state index contributed by atoms with van der Waals surface area (Å²) in [4.78, 5) is 36.0. The zero-order valence-electron chi connectivity index (χ0n) is 12.7. The first-order chi connectivity index (χ1) is 11.6. The summed E-state index contributed by atoms with van der Waals surface area (Å²) in [5.74, 6) is -1.75. The van der Waals surface area contributed by atoms with Crippen molar-refractivity contribution < 1.29 is 28.0 Å². The van der Waals surface area contributed by atoms with Crippen LogP contribution >= 0.6 is 0 Å². The average molecular weight is 359 g/mol. The van der Waals surface area contributed by atoms with E-state index in [9.17, 15) is 32.8 Å². The minimum Gasteiger partial charge on any atom is -0.409 e. The van der Waals surface area contributed by atoms with Crippen LogP contribution in [0.4, 0.5) is 13.2 Å². The summed E-state index contributed by atoms with van der Waals surface area (Å²) in [7, 11) is 0. The van der Waals surface area contributed by atoms with Crippen molar-refractivity contribution in [2.75, 3.05) is 13.1 Å². The van der Waals surface area contributed by atoms with Crippen LogP contribution in [0, 0.1) is 0 Å². The van der Waals surface area contributed by atoms with Gasteiger partial charge >= 0.3 is 11.7 Å². The summed E-state index contributed by atoms with van der Waals surface area (Å²) >= 11 is 0. The molecule has 2 amide bonds. The van der Waals surface area contributed by atoms with E-state index in [0.29, 0.717) is 0 Å². The number of alkyl halides is 3. The Morgan fingerprint density at radius 1 is 1.48 bits per heavy atom. The van der Waals surface area contributed by atoms with Gasteiger partial charge in [0.15, 0.2) is 5.69 Å². The molecule has 134 valence electrons. The van der Waals surface area contributed by atoms with E-state index in [1.807, 2.05) is 0 Å². The van der Waals surface area contributed by atoms with Gasteiger partial charge in [0, 0.05) is 12.6 Å². The van der Waals surface area contributed by atoms with E-state index >= 15 is 0 Å². The van der Waals surface area contributed by atoms with Crippen LogP contribution < -0.4 is 16.2 Å². The van der Waals surface area contributed by atoms with Crippen molar-refractivity contribution in [3.63, 3.8) is 0 Å². The molecule has 9 nitrogen and oxygen atoms in total. The first kappa shape index (κ1) is 16.8. The Bertz CT molecular complexity index is 946. The lowest BCUT2D eigenvalue weighted by atomic mass is 10.2. The number of nitrogens with zero attached hydrogens (tertiary/aromatic N) is 3. The molecule has 2 aromatic rings. The smallest absolute Gasteiger partial charge is 0.405 e. The predicted molar refractivity (Wildman–Crippen MR) is 76.6 cm³/mol. The highest BCUT2D eigenvalue weighted by Crippen LogP contribution is 2.26. The maximum atomic E-state index is 12.3. The molecular weight excluding hydrogens is 347 g/mol. The predicted octanol–water partition coefficient (Wildman–Crippen LogP) is 0.0318. The van der Waals surface area contributed by atoms with Crippen LogP contribution in [0.3, 0.4) is 0 Å². The first-order valence-corrected chi connectivity index (χ1v) is 7.11. The second-order valence-electron chi connectivity index (χ2n) is 5.56. The molecule has 1 atom stereocenters. The Kier molecular flexibility index (Phi) is 3.69. The molecular formula is C13H12F3N5O4. The molecule has 1 aliphatic heterocycles. The second-order valence-corrected chi connectivity index (χ2v) is 5.56. The minimum atomic E-state index is -4.64. The molecule has 0 fully saturated rings. The lowest BCUT2D eigenvalue weighted by Crippen LogP contribution is -2.39. The molecule has 3 N–H and O–H groups in total. The summed E-state index contributed by atoms with van der Waals surface area (Å²) in [6, 6.07) is 0.785. The number of aromatic nitrogens is 3. The van der Waals surface area contributed by atoms with Crippen molar-refractivity contribution in [3.8, 4) is 0 Å². The van der Waals surface area contributed by atoms with Gasteiger partial charge in [-0.3, -0.25) is 14.4 Å². The van der Waals surface area contributed by atoms with Crippen molar-refractivity contribution >= 4 is 22.7 Å². The zero-order chi connectivity index (χ0) is 18.5. The lowest BCUT2D eigenvalue weighted by Gasteiger charge is -2.24. The Labute approximate surface area is 137 Å². The number of halogens is 3. The number of hydrogen-bond donors (Lipinski definition) is 3. The van der Waals surface area contributed by atoms with E-state index in [2.05, 4.69) is 10.4 Å². The van der Waals surface area contributed by atoms with Gasteiger partial charge in [-0.05, 0) is 13.0 Å². The summed E-state index contributed by atoms with van der Waals surface area (Å²) in [6.45, 7) is 0.273. The Morgan fingerprint density at radius 3 is 2.80 bits per heavy atom. The van der Waals surface area contributed by atoms with Gasteiger partial charge in [0.05, 0.1) is 10.9 Å². The molecule has 1 aliphatic rings. The average Bonchev–Trinajstić information content (AvgIpc) is 2.93. The van der Waals surface area contributed by atoms with E-state index in [0.717, 1.165) is 6.07 Å². The fourth-order valence-corrected chi connectivity index (χ4v) is 2.70. The molecule has 0 radical (unpaired) electrons. The zero-order valence-corrected chi connectivity index (χ0v) is 12.7. The molecule has 3 rings (SSSR count). The van der Waals surface area contributed by atoms with Crippen LogP contribution in [0.2, 0.25) is 0 Å². The van der Waals surface area contributed by atoms with Crippen molar-refractivity contribution in [3.05, 3.63) is 27.8 Å². The van der Waals surface area contributed by atoms with Gasteiger partial charge in [0.2, 0.25) is 0 Å². The Morgan fingerprint density at radius 2 is 2.16 bits per heavy atom. The molecule has 0 aromatic carbocycles. The number of hydrogen-bond acceptors (Lipinski definition) is 5. The third-order valence-electron chi connectivity index (χ3n) is 3.76. The van der Waals surface area contributed by atoms with E-state index < -0.39 is 35.8 Å². The van der Waals surface area contributed by atoms with Crippen LogP contribution in [-0.2, 0) is 0 Å². The number of fused-ring (bicyclic) bond motifs is 3. The van der Waals surface area contributed by atoms with Crippen molar-refractivity contribution in [2.24, 2.45) is 0 Å². The standard InChI is InChI=1S/C13H12F3N5O4/c1-5-3-17-10(22)7-2-6-9(20(5)7)8(19-21(25)12(6)24)11(23)18-4-13(14,15)16/h2,5,25H,3-4H2,1H3,(H,17,22)(H,18,23). The van der Waals surface area contributed by atoms with Gasteiger partial charge in [-0.15, -0.1) is 5.10 Å². The van der Waals surface area contributed by atoms with E-state index in [1.165, 1.54) is 4.57 Å². The van der Waals surface area contributed by atoms with E-state index in [-0.39, 0.29) is 34.0 Å². The van der Waals surface area contributed by atoms with E-state index in [1.54, 1.807) is 12.2 Å². The summed E-state index contributed by atoms with van der Waals surface area (Å²) in [6.07, 6.45) is -4.64. The molecule has 3 heterocycles. The highest BCUT2D eigenvalue weighted by Gasteiger charge is 2.32. The highest BCUT2D eigenvalue weighted by atomic mass is 19.4. The summed E-state index contributed by atoms with van der Waals surface area (Å²) in [5, 5.41) is 16.9. The lowest BCUT2D eigenvalue weighted by molar-refractivity contribution is -0.123. The maximum absolute atomic E-state index is 12.3. The fraction of sp³-hybridized carbons (Fsp3) is 0.385. The van der Waals surface area contributed by atoms with Crippen LogP contribution in [-0.4, -0.2) is 50.8 Å². The summed E-state index contributed by atoms with van der Waals surface area (Å²) in [5.41, 5.74) is -1.64. The number of amides is 2. The number of nitrogens with one attached hydrogen (secondary N) is 2. The number of rotatable bonds is 2. The molecule has 0 saturated heterocycles. The van der Waals surface area contributed by atoms with Crippen LogP contribution in [0.25, 0.3) is 10.9 Å². The number of carbonyl (C=O) groups excluding carboxylic acids is 2. The van der Waals surface area contributed by atoms with Crippen molar-refractivity contribution in [2.45, 2.75) is 19.1 Å². The third kappa shape index (κ3) is 2.79. The van der Waals surface area contributed by atoms with Gasteiger partial charge in [0.1, 0.15) is 12.2 Å². The molecule has 1 unspecified atom stereocenters. The monoisotopic (exact) mass is 359 g/mol. The van der Waals surface area contributed by atoms with Crippen molar-refractivity contribution in [1.82, 2.24) is 25.1 Å². The van der Waals surface area contributed by atoms with E-state index in [4.69, 9.17) is 0 Å². The maximum Gasteiger partial charge on any atom is 0.405 e. The topological polar surface area (TPSA) is 118 Å². The molecule has 12 heteroatoms. The molecule has 0 spiro atoms. The normalized spacial score (nSPS) is 17.3. The van der Waals surface area contributed by atoms with Crippen LogP contribution in [0.1, 0.15) is 33.9 Å². The quantitative estimate of drug-likeness (QED) is 0.654. The van der Waals surface area contributed by atoms with Gasteiger partial charge in [-0.1, -0.05) is 4.85 Å². The fourth-order valence-electron chi connectivity index (χ4n) is 2.70. The first-order valence-electron chi connectivity index (χ1n) is 7.11. The molecule has 0 aliphatic carbocycles. The highest BCUT2D eigenvalue weighted by molar-refractivity contribution is 6.07. The SMILES string of the molecule is CC1CNC(=O)c2cc3c(=O)n(O)nc(C(=O)NCC(F)(F)F)c3n21. The molecule has 0 saturated carbocycles. The molecule has 0 bridgehead atoms. The van der Waals surface area contributed by atoms with Crippen molar-refractivity contribution in [1.29, 1.82) is 0 Å². The van der Waals surface area contributed by atoms with Crippen LogP contribution in [0.5, 0.6) is 0 Å². The van der Waals surface area contributed by atoms with Gasteiger partial charge in [-0.25, -0.2) is 0 Å². The summed E-state index contributed by atoms with van der Waals surface area (Å²) < 4.78 is 38.3.